The number of rotatable bonds is 3. The first-order chi connectivity index (χ1) is 7.74. The van der Waals surface area contributed by atoms with E-state index in [-0.39, 0.29) is 0 Å². The summed E-state index contributed by atoms with van der Waals surface area (Å²) in [5.74, 6) is 1.08. The quantitative estimate of drug-likeness (QED) is 0.799. The van der Waals surface area contributed by atoms with Crippen molar-refractivity contribution < 1.29 is 5.11 Å². The molecule has 0 saturated carbocycles. The van der Waals surface area contributed by atoms with Gasteiger partial charge in [-0.1, -0.05) is 12.1 Å². The maximum absolute atomic E-state index is 9.31. The van der Waals surface area contributed by atoms with E-state index in [2.05, 4.69) is 4.98 Å². The van der Waals surface area contributed by atoms with Crippen LogP contribution in [0.1, 0.15) is 5.56 Å². The van der Waals surface area contributed by atoms with Gasteiger partial charge in [-0.2, -0.15) is 0 Å². The van der Waals surface area contributed by atoms with Crippen molar-refractivity contribution in [3.63, 3.8) is 0 Å². The molecular weight excluding hydrogens is 220 g/mol. The fourth-order valence-electron chi connectivity index (χ4n) is 1.28. The predicted molar refractivity (Wildman–Crippen MR) is 66.3 cm³/mol. The van der Waals surface area contributed by atoms with E-state index in [4.69, 9.17) is 5.73 Å². The molecule has 16 heavy (non-hydrogen) atoms. The van der Waals surface area contributed by atoms with Crippen LogP contribution in [0.5, 0.6) is 5.75 Å². The first-order valence-corrected chi connectivity index (χ1v) is 5.85. The molecule has 0 fully saturated rings. The standard InChI is InChI=1S/C12H12N2OS/c13-10-4-5-12(14-7-10)16-8-9-2-1-3-11(15)6-9/h1-7,15H,8,13H2. The van der Waals surface area contributed by atoms with Gasteiger partial charge in [-0.05, 0) is 29.8 Å². The van der Waals surface area contributed by atoms with Crippen LogP contribution in [0.4, 0.5) is 5.69 Å². The number of thioether (sulfide) groups is 1. The Morgan fingerprint density at radius 1 is 1.25 bits per heavy atom. The molecule has 0 amide bonds. The lowest BCUT2D eigenvalue weighted by Gasteiger charge is -2.02. The maximum atomic E-state index is 9.31. The van der Waals surface area contributed by atoms with Crippen molar-refractivity contribution in [3.8, 4) is 5.75 Å². The molecule has 1 aromatic heterocycles. The van der Waals surface area contributed by atoms with Gasteiger partial charge in [0.25, 0.3) is 0 Å². The van der Waals surface area contributed by atoms with Crippen molar-refractivity contribution in [1.29, 1.82) is 0 Å². The second-order valence-corrected chi connectivity index (χ2v) is 4.38. The van der Waals surface area contributed by atoms with Gasteiger partial charge in [-0.15, -0.1) is 11.8 Å². The van der Waals surface area contributed by atoms with Crippen molar-refractivity contribution >= 4 is 17.4 Å². The molecule has 4 heteroatoms. The van der Waals surface area contributed by atoms with E-state index in [1.165, 1.54) is 0 Å². The number of pyridine rings is 1. The van der Waals surface area contributed by atoms with Gasteiger partial charge in [0.15, 0.2) is 0 Å². The van der Waals surface area contributed by atoms with E-state index in [0.29, 0.717) is 11.4 Å². The monoisotopic (exact) mass is 232 g/mol. The molecule has 1 aromatic carbocycles. The Bertz CT molecular complexity index is 471. The highest BCUT2D eigenvalue weighted by Gasteiger charge is 1.98. The van der Waals surface area contributed by atoms with Gasteiger partial charge >= 0.3 is 0 Å². The minimum Gasteiger partial charge on any atom is -0.508 e. The largest absolute Gasteiger partial charge is 0.508 e. The van der Waals surface area contributed by atoms with Crippen molar-refractivity contribution in [2.45, 2.75) is 10.8 Å². The average molecular weight is 232 g/mol. The normalized spacial score (nSPS) is 10.2. The van der Waals surface area contributed by atoms with Gasteiger partial charge in [0.05, 0.1) is 16.9 Å². The van der Waals surface area contributed by atoms with Crippen molar-refractivity contribution in [1.82, 2.24) is 4.98 Å². The number of phenolic OH excluding ortho intramolecular Hbond substituents is 1. The van der Waals surface area contributed by atoms with Crippen LogP contribution in [0.3, 0.4) is 0 Å². The summed E-state index contributed by atoms with van der Waals surface area (Å²) in [7, 11) is 0. The molecule has 0 bridgehead atoms. The fraction of sp³-hybridized carbons (Fsp3) is 0.0833. The van der Waals surface area contributed by atoms with Gasteiger partial charge in [0.2, 0.25) is 0 Å². The molecule has 0 aliphatic rings. The third-order valence-electron chi connectivity index (χ3n) is 2.06. The number of anilines is 1. The summed E-state index contributed by atoms with van der Waals surface area (Å²) in [5, 5.41) is 10.2. The van der Waals surface area contributed by atoms with Crippen LogP contribution in [-0.2, 0) is 5.75 Å². The van der Waals surface area contributed by atoms with Crippen molar-refractivity contribution in [3.05, 3.63) is 48.2 Å². The lowest BCUT2D eigenvalue weighted by atomic mass is 10.2. The van der Waals surface area contributed by atoms with Gasteiger partial charge in [-0.3, -0.25) is 0 Å². The second kappa shape index (κ2) is 4.90. The molecule has 0 unspecified atom stereocenters. The lowest BCUT2D eigenvalue weighted by molar-refractivity contribution is 0.475. The second-order valence-electron chi connectivity index (χ2n) is 3.39. The number of phenols is 1. The number of nitrogen functional groups attached to an aromatic ring is 1. The molecule has 82 valence electrons. The van der Waals surface area contributed by atoms with Crippen LogP contribution in [-0.4, -0.2) is 10.1 Å². The topological polar surface area (TPSA) is 59.1 Å². The summed E-state index contributed by atoms with van der Waals surface area (Å²) in [6, 6.07) is 11.0. The Morgan fingerprint density at radius 3 is 2.81 bits per heavy atom. The first-order valence-electron chi connectivity index (χ1n) is 4.86. The van der Waals surface area contributed by atoms with Gasteiger partial charge in [0.1, 0.15) is 5.75 Å². The number of benzene rings is 1. The molecule has 2 rings (SSSR count). The smallest absolute Gasteiger partial charge is 0.115 e. The Hall–Kier alpha value is -1.68. The molecule has 0 radical (unpaired) electrons. The van der Waals surface area contributed by atoms with E-state index in [9.17, 15) is 5.11 Å². The molecule has 1 heterocycles. The highest BCUT2D eigenvalue weighted by atomic mass is 32.2. The summed E-state index contributed by atoms with van der Waals surface area (Å²) in [4.78, 5) is 4.19. The number of aromatic hydroxyl groups is 1. The minimum absolute atomic E-state index is 0.295. The molecule has 2 aromatic rings. The highest BCUT2D eigenvalue weighted by Crippen LogP contribution is 2.22. The molecule has 3 nitrogen and oxygen atoms in total. The zero-order valence-corrected chi connectivity index (χ0v) is 9.45. The summed E-state index contributed by atoms with van der Waals surface area (Å²) < 4.78 is 0. The predicted octanol–water partition coefficient (Wildman–Crippen LogP) is 2.66. The average Bonchev–Trinajstić information content (AvgIpc) is 2.28. The SMILES string of the molecule is Nc1ccc(SCc2cccc(O)c2)nc1. The van der Waals surface area contributed by atoms with Crippen molar-refractivity contribution in [2.75, 3.05) is 5.73 Å². The Labute approximate surface area is 98.3 Å². The highest BCUT2D eigenvalue weighted by molar-refractivity contribution is 7.98. The number of hydrogen-bond donors (Lipinski definition) is 2. The van der Waals surface area contributed by atoms with E-state index >= 15 is 0 Å². The fourth-order valence-corrected chi connectivity index (χ4v) is 2.07. The van der Waals surface area contributed by atoms with Crippen LogP contribution in [0.25, 0.3) is 0 Å². The van der Waals surface area contributed by atoms with E-state index in [0.717, 1.165) is 16.3 Å². The van der Waals surface area contributed by atoms with Crippen LogP contribution in [0.15, 0.2) is 47.6 Å². The van der Waals surface area contributed by atoms with E-state index < -0.39 is 0 Å². The zero-order chi connectivity index (χ0) is 11.4. The number of aromatic nitrogens is 1. The Balaban J connectivity index is 1.99. The summed E-state index contributed by atoms with van der Waals surface area (Å²) in [6.45, 7) is 0. The number of hydrogen-bond acceptors (Lipinski definition) is 4. The molecule has 0 spiro atoms. The minimum atomic E-state index is 0.295. The first kappa shape index (κ1) is 10.8. The van der Waals surface area contributed by atoms with Crippen LogP contribution in [0.2, 0.25) is 0 Å². The van der Waals surface area contributed by atoms with Crippen molar-refractivity contribution in [2.24, 2.45) is 0 Å². The zero-order valence-electron chi connectivity index (χ0n) is 8.63. The third-order valence-corrected chi connectivity index (χ3v) is 3.07. The molecule has 0 atom stereocenters. The summed E-state index contributed by atoms with van der Waals surface area (Å²) in [6.07, 6.45) is 1.64. The molecule has 3 N–H and O–H groups in total. The summed E-state index contributed by atoms with van der Waals surface area (Å²) >= 11 is 1.61. The van der Waals surface area contributed by atoms with E-state index in [1.807, 2.05) is 24.3 Å². The number of nitrogens with two attached hydrogens (primary N) is 1. The summed E-state index contributed by atoms with van der Waals surface area (Å²) in [5.41, 5.74) is 7.29. The maximum Gasteiger partial charge on any atom is 0.115 e. The third kappa shape index (κ3) is 2.90. The Morgan fingerprint density at radius 2 is 2.12 bits per heavy atom. The van der Waals surface area contributed by atoms with E-state index in [1.54, 1.807) is 30.1 Å². The lowest BCUT2D eigenvalue weighted by Crippen LogP contribution is -1.87. The van der Waals surface area contributed by atoms with Crippen LogP contribution in [0, 0.1) is 0 Å². The van der Waals surface area contributed by atoms with Gasteiger partial charge < -0.3 is 10.8 Å². The van der Waals surface area contributed by atoms with Crippen LogP contribution < -0.4 is 5.73 Å². The van der Waals surface area contributed by atoms with Gasteiger partial charge in [0, 0.05) is 5.75 Å². The van der Waals surface area contributed by atoms with Crippen LogP contribution >= 0.6 is 11.8 Å². The molecule has 0 saturated heterocycles. The molecular formula is C12H12N2OS. The molecule has 0 aliphatic carbocycles. The molecule has 0 aliphatic heterocycles. The Kier molecular flexibility index (Phi) is 3.31. The number of nitrogens with zero attached hydrogens (tertiary/aromatic N) is 1. The van der Waals surface area contributed by atoms with Gasteiger partial charge in [-0.25, -0.2) is 4.98 Å².